The van der Waals surface area contributed by atoms with E-state index in [0.717, 1.165) is 0 Å². The van der Waals surface area contributed by atoms with Gasteiger partial charge in [-0.05, 0) is 13.0 Å². The Hall–Kier alpha value is -1.84. The van der Waals surface area contributed by atoms with Crippen LogP contribution in [0, 0.1) is 5.41 Å². The van der Waals surface area contributed by atoms with Crippen molar-refractivity contribution in [1.29, 1.82) is 0 Å². The summed E-state index contributed by atoms with van der Waals surface area (Å²) in [5, 5.41) is 8.57. The lowest BCUT2D eigenvalue weighted by molar-refractivity contribution is -0.604. The van der Waals surface area contributed by atoms with Crippen molar-refractivity contribution < 1.29 is 75.8 Å². The van der Waals surface area contributed by atoms with Crippen molar-refractivity contribution >= 4 is 5.97 Å². The van der Waals surface area contributed by atoms with Crippen LogP contribution in [-0.4, -0.2) is 63.6 Å². The van der Waals surface area contributed by atoms with Crippen LogP contribution < -0.4 is 0 Å². The summed E-state index contributed by atoms with van der Waals surface area (Å²) >= 11 is 0. The first kappa shape index (κ1) is 23.8. The summed E-state index contributed by atoms with van der Waals surface area (Å²) in [6.45, 7) is -0.127. The second-order valence-electron chi connectivity index (χ2n) is 7.36. The molecule has 4 rings (SSSR count). The molecule has 0 atom stereocenters. The first-order valence-corrected chi connectivity index (χ1v) is 7.59. The summed E-state index contributed by atoms with van der Waals surface area (Å²) in [6.07, 6.45) is -1.74. The summed E-state index contributed by atoms with van der Waals surface area (Å²) in [5.74, 6) is -49.2. The topological polar surface area (TPSA) is 37.3 Å². The Morgan fingerprint density at radius 2 is 0.774 bits per heavy atom. The van der Waals surface area contributed by atoms with Gasteiger partial charge in [-0.25, -0.2) is 44.3 Å². The number of hydrogen-bond acceptors (Lipinski definition) is 1. The van der Waals surface area contributed by atoms with Gasteiger partial charge in [0.15, 0.2) is 5.41 Å². The minimum Gasteiger partial charge on any atom is -0.478 e. The Bertz CT molecular complexity index is 806. The van der Waals surface area contributed by atoms with E-state index in [9.17, 15) is 70.7 Å². The van der Waals surface area contributed by atoms with E-state index in [0.29, 0.717) is 0 Å². The van der Waals surface area contributed by atoms with Crippen molar-refractivity contribution in [2.45, 2.75) is 59.5 Å². The number of carbonyl (C=O) groups is 1. The first-order valence-electron chi connectivity index (χ1n) is 7.59. The Labute approximate surface area is 159 Å². The molecule has 4 fully saturated rings. The molecule has 0 spiro atoms. The highest BCUT2D eigenvalue weighted by Gasteiger charge is 3.22. The molecular formula is C14H5F15O2. The van der Waals surface area contributed by atoms with Crippen molar-refractivity contribution in [2.24, 2.45) is 5.41 Å². The van der Waals surface area contributed by atoms with E-state index in [2.05, 4.69) is 0 Å². The second kappa shape index (κ2) is 4.89. The van der Waals surface area contributed by atoms with Crippen LogP contribution in [0.1, 0.15) is 6.92 Å². The molecule has 0 amide bonds. The molecule has 0 aromatic rings. The van der Waals surface area contributed by atoms with Crippen LogP contribution in [0.3, 0.4) is 0 Å². The second-order valence-corrected chi connectivity index (χ2v) is 7.36. The molecule has 0 saturated heterocycles. The zero-order chi connectivity index (χ0) is 24.9. The molecule has 4 aliphatic rings. The van der Waals surface area contributed by atoms with Crippen molar-refractivity contribution in [1.82, 2.24) is 0 Å². The van der Waals surface area contributed by atoms with E-state index >= 15 is 0 Å². The highest BCUT2D eigenvalue weighted by atomic mass is 19.3. The van der Waals surface area contributed by atoms with Gasteiger partial charge in [0.1, 0.15) is 0 Å². The molecule has 4 bridgehead atoms. The van der Waals surface area contributed by atoms with E-state index < -0.39 is 75.6 Å². The molecule has 0 aliphatic heterocycles. The van der Waals surface area contributed by atoms with Gasteiger partial charge in [0, 0.05) is 5.57 Å². The summed E-state index contributed by atoms with van der Waals surface area (Å²) in [7, 11) is 0. The zero-order valence-corrected chi connectivity index (χ0v) is 14.1. The number of allylic oxidation sites excluding steroid dienone is 1. The Kier molecular flexibility index (Phi) is 3.76. The smallest absolute Gasteiger partial charge is 0.339 e. The van der Waals surface area contributed by atoms with Gasteiger partial charge in [0.25, 0.3) is 0 Å². The lowest BCUT2D eigenvalue weighted by Crippen LogP contribution is -3.07. The molecule has 0 aromatic carbocycles. The van der Waals surface area contributed by atoms with Gasteiger partial charge in [-0.15, -0.1) is 0 Å². The maximum Gasteiger partial charge on any atom is 0.339 e. The van der Waals surface area contributed by atoms with Crippen LogP contribution in [0.2, 0.25) is 0 Å². The fourth-order valence-corrected chi connectivity index (χ4v) is 4.55. The van der Waals surface area contributed by atoms with Gasteiger partial charge in [0.05, 0.1) is 0 Å². The van der Waals surface area contributed by atoms with E-state index in [4.69, 9.17) is 5.11 Å². The van der Waals surface area contributed by atoms with Gasteiger partial charge in [-0.3, -0.25) is 0 Å². The molecule has 0 radical (unpaired) electrons. The fraction of sp³-hybridized carbons (Fsp3) is 0.786. The summed E-state index contributed by atoms with van der Waals surface area (Å²) in [4.78, 5) is 10.7. The third-order valence-corrected chi connectivity index (χ3v) is 6.15. The highest BCUT2D eigenvalue weighted by Crippen LogP contribution is 2.90. The van der Waals surface area contributed by atoms with Crippen molar-refractivity contribution in [2.75, 3.05) is 0 Å². The van der Waals surface area contributed by atoms with E-state index in [1.165, 1.54) is 0 Å². The molecule has 4 saturated carbocycles. The Balaban J connectivity index is 2.76. The number of carboxylic acids is 1. The number of hydrogen-bond donors (Lipinski definition) is 1. The number of halogens is 15. The lowest BCUT2D eigenvalue weighted by atomic mass is 9.36. The molecule has 17 heteroatoms. The normalized spacial score (nSPS) is 47.3. The third-order valence-electron chi connectivity index (χ3n) is 6.15. The van der Waals surface area contributed by atoms with Crippen molar-refractivity contribution in [3.05, 3.63) is 11.6 Å². The minimum absolute atomic E-state index is 0.127. The third kappa shape index (κ3) is 1.45. The largest absolute Gasteiger partial charge is 0.478 e. The predicted octanol–water partition coefficient (Wildman–Crippen LogP) is 4.98. The lowest BCUT2D eigenvalue weighted by Gasteiger charge is -2.74. The Morgan fingerprint density at radius 1 is 0.548 bits per heavy atom. The van der Waals surface area contributed by atoms with Crippen LogP contribution in [0.4, 0.5) is 65.9 Å². The maximum atomic E-state index is 14.7. The van der Waals surface area contributed by atoms with Crippen LogP contribution in [-0.2, 0) is 4.79 Å². The van der Waals surface area contributed by atoms with Crippen molar-refractivity contribution in [3.63, 3.8) is 0 Å². The molecule has 1 N–H and O–H groups in total. The molecule has 0 unspecified atom stereocenters. The monoisotopic (exact) mass is 490 g/mol. The highest BCUT2D eigenvalue weighted by molar-refractivity contribution is 5.86. The molecule has 178 valence electrons. The van der Waals surface area contributed by atoms with Gasteiger partial charge < -0.3 is 5.11 Å². The summed E-state index contributed by atoms with van der Waals surface area (Å²) < 4.78 is 217. The van der Waals surface area contributed by atoms with Gasteiger partial charge in [0.2, 0.25) is 0 Å². The predicted molar refractivity (Wildman–Crippen MR) is 65.0 cm³/mol. The number of aliphatic carboxylic acids is 1. The van der Waals surface area contributed by atoms with Crippen molar-refractivity contribution in [3.8, 4) is 0 Å². The van der Waals surface area contributed by atoms with Crippen LogP contribution in [0.15, 0.2) is 11.6 Å². The standard InChI is InChI=1S/C14H5F15O2/c1-3(4(30)31)2-5-9(18,19)6(15)12(24,25)7(16,10(5,20)21)14(28,29)8(17,11(5,22)23)13(6,26)27/h2H,1H3,(H,30,31). The molecular weight excluding hydrogens is 485 g/mol. The quantitative estimate of drug-likeness (QED) is 0.438. The maximum absolute atomic E-state index is 14.7. The average Bonchev–Trinajstić information content (AvgIpc) is 2.58. The average molecular weight is 490 g/mol. The SMILES string of the molecule is CC(=CC12C(F)(F)C3(F)C(F)(F)C(F)(C(F)(F)C(F)(C3(F)F)C1(F)F)C2(F)F)C(=O)O. The molecule has 2 nitrogen and oxygen atoms in total. The molecule has 4 aliphatic carbocycles. The number of rotatable bonds is 2. The van der Waals surface area contributed by atoms with Crippen LogP contribution in [0.5, 0.6) is 0 Å². The molecule has 0 heterocycles. The van der Waals surface area contributed by atoms with Gasteiger partial charge in [-0.1, -0.05) is 0 Å². The zero-order valence-electron chi connectivity index (χ0n) is 14.1. The van der Waals surface area contributed by atoms with Crippen LogP contribution >= 0.6 is 0 Å². The molecule has 31 heavy (non-hydrogen) atoms. The van der Waals surface area contributed by atoms with Gasteiger partial charge in [-0.2, -0.15) is 26.3 Å². The fourth-order valence-electron chi connectivity index (χ4n) is 4.55. The minimum atomic E-state index is -7.87. The van der Waals surface area contributed by atoms with Crippen LogP contribution in [0.25, 0.3) is 0 Å². The molecule has 0 aromatic heterocycles. The number of carboxylic acid groups (broad SMARTS) is 1. The van der Waals surface area contributed by atoms with Gasteiger partial charge >= 0.3 is 58.5 Å². The van der Waals surface area contributed by atoms with E-state index in [1.807, 2.05) is 0 Å². The number of alkyl halides is 15. The summed E-state index contributed by atoms with van der Waals surface area (Å²) in [5.41, 5.74) is -32.2. The van der Waals surface area contributed by atoms with E-state index in [1.54, 1.807) is 0 Å². The summed E-state index contributed by atoms with van der Waals surface area (Å²) in [6, 6.07) is 0. The van der Waals surface area contributed by atoms with E-state index in [-0.39, 0.29) is 6.92 Å². The first-order chi connectivity index (χ1) is 13.3. The Morgan fingerprint density at radius 3 is 0.968 bits per heavy atom.